The van der Waals surface area contributed by atoms with Crippen molar-refractivity contribution in [2.75, 3.05) is 12.2 Å². The zero-order chi connectivity index (χ0) is 13.8. The number of hydrogen-bond donors (Lipinski definition) is 0. The van der Waals surface area contributed by atoms with Gasteiger partial charge in [-0.05, 0) is 25.3 Å². The van der Waals surface area contributed by atoms with Crippen LogP contribution in [-0.4, -0.2) is 17.9 Å². The fourth-order valence-corrected chi connectivity index (χ4v) is 1.62. The Morgan fingerprint density at radius 3 is 2.67 bits per heavy atom. The van der Waals surface area contributed by atoms with Crippen molar-refractivity contribution >= 4 is 29.1 Å². The molecule has 7 heteroatoms. The monoisotopic (exact) mass is 297 g/mol. The first-order chi connectivity index (χ1) is 8.36. The van der Waals surface area contributed by atoms with Crippen molar-refractivity contribution in [1.82, 2.24) is 0 Å². The van der Waals surface area contributed by atoms with E-state index in [1.54, 1.807) is 6.26 Å². The quantitative estimate of drug-likeness (QED) is 0.355. The third-order valence-corrected chi connectivity index (χ3v) is 2.63. The number of rotatable bonds is 4. The van der Waals surface area contributed by atoms with Crippen molar-refractivity contribution < 1.29 is 18.0 Å². The molecule has 0 heterocycles. The Balaban J connectivity index is 3.12. The van der Waals surface area contributed by atoms with Crippen LogP contribution in [0.25, 0.3) is 0 Å². The van der Waals surface area contributed by atoms with E-state index in [1.165, 1.54) is 30.8 Å². The number of oxime groups is 1. The van der Waals surface area contributed by atoms with Gasteiger partial charge >= 0.3 is 6.18 Å². The highest BCUT2D eigenvalue weighted by Crippen LogP contribution is 2.34. The van der Waals surface area contributed by atoms with E-state index in [-0.39, 0.29) is 22.2 Å². The van der Waals surface area contributed by atoms with Crippen molar-refractivity contribution in [2.24, 2.45) is 5.16 Å². The Morgan fingerprint density at radius 1 is 1.44 bits per heavy atom. The number of thioether (sulfide) groups is 1. The molecular weight excluding hydrogens is 287 g/mol. The van der Waals surface area contributed by atoms with Crippen molar-refractivity contribution in [2.45, 2.75) is 13.1 Å². The summed E-state index contributed by atoms with van der Waals surface area (Å²) in [5, 5.41) is 3.67. The summed E-state index contributed by atoms with van der Waals surface area (Å²) in [6, 6.07) is 3.55. The molecule has 0 aliphatic carbocycles. The first-order valence-electron chi connectivity index (χ1n) is 4.89. The van der Waals surface area contributed by atoms with Crippen LogP contribution in [0.2, 0.25) is 5.02 Å². The second-order valence-corrected chi connectivity index (χ2v) is 4.65. The van der Waals surface area contributed by atoms with E-state index >= 15 is 0 Å². The Hall–Kier alpha value is -0.880. The van der Waals surface area contributed by atoms with Gasteiger partial charge in [0.25, 0.3) is 0 Å². The Morgan fingerprint density at radius 2 is 2.11 bits per heavy atom. The lowest BCUT2D eigenvalue weighted by atomic mass is 10.0. The van der Waals surface area contributed by atoms with Gasteiger partial charge in [0.15, 0.2) is 5.94 Å². The van der Waals surface area contributed by atoms with Crippen molar-refractivity contribution in [3.05, 3.63) is 34.3 Å². The number of benzene rings is 1. The van der Waals surface area contributed by atoms with Crippen LogP contribution < -0.4 is 0 Å². The molecule has 0 radical (unpaired) electrons. The summed E-state index contributed by atoms with van der Waals surface area (Å²) in [4.78, 5) is 4.85. The fourth-order valence-electron chi connectivity index (χ4n) is 1.29. The van der Waals surface area contributed by atoms with E-state index in [0.717, 1.165) is 6.07 Å². The standard InChI is InChI=1S/C11H11ClF3NOS/c1-7(16-17-6-18-2)9-4-3-8(12)5-10(9)11(13,14)15/h3-5H,6H2,1-2H3/b16-7+. The van der Waals surface area contributed by atoms with Crippen LogP contribution in [0.15, 0.2) is 23.4 Å². The predicted octanol–water partition coefficient (Wildman–Crippen LogP) is 4.42. The highest BCUT2D eigenvalue weighted by molar-refractivity contribution is 7.98. The number of halogens is 4. The molecule has 1 rings (SSSR count). The van der Waals surface area contributed by atoms with E-state index in [2.05, 4.69) is 5.16 Å². The van der Waals surface area contributed by atoms with Gasteiger partial charge < -0.3 is 4.84 Å². The van der Waals surface area contributed by atoms with Gasteiger partial charge in [-0.3, -0.25) is 0 Å². The molecule has 0 saturated carbocycles. The summed E-state index contributed by atoms with van der Waals surface area (Å²) in [6.45, 7) is 1.46. The van der Waals surface area contributed by atoms with Crippen molar-refractivity contribution in [3.8, 4) is 0 Å². The van der Waals surface area contributed by atoms with E-state index in [0.29, 0.717) is 0 Å². The van der Waals surface area contributed by atoms with Gasteiger partial charge in [0.1, 0.15) is 0 Å². The van der Waals surface area contributed by atoms with E-state index in [9.17, 15) is 13.2 Å². The third kappa shape index (κ3) is 4.10. The Kier molecular flexibility index (Phi) is 5.34. The highest BCUT2D eigenvalue weighted by Gasteiger charge is 2.34. The molecule has 1 aromatic carbocycles. The van der Waals surface area contributed by atoms with Gasteiger partial charge in [0, 0.05) is 10.6 Å². The van der Waals surface area contributed by atoms with Crippen LogP contribution in [0.5, 0.6) is 0 Å². The zero-order valence-electron chi connectivity index (χ0n) is 9.71. The average Bonchev–Trinajstić information content (AvgIpc) is 2.28. The van der Waals surface area contributed by atoms with Crippen LogP contribution in [-0.2, 0) is 11.0 Å². The molecule has 1 aromatic rings. The zero-order valence-corrected chi connectivity index (χ0v) is 11.3. The van der Waals surface area contributed by atoms with Crippen molar-refractivity contribution in [1.29, 1.82) is 0 Å². The minimum atomic E-state index is -4.48. The smallest absolute Gasteiger partial charge is 0.385 e. The summed E-state index contributed by atoms with van der Waals surface area (Å²) in [5.74, 6) is 0.284. The van der Waals surface area contributed by atoms with Crippen LogP contribution in [0.4, 0.5) is 13.2 Å². The molecule has 0 amide bonds. The molecular formula is C11H11ClF3NOS. The second kappa shape index (κ2) is 6.33. The van der Waals surface area contributed by atoms with E-state index in [4.69, 9.17) is 16.4 Å². The van der Waals surface area contributed by atoms with Gasteiger partial charge in [-0.15, -0.1) is 11.8 Å². The molecule has 0 aliphatic heterocycles. The molecule has 2 nitrogen and oxygen atoms in total. The van der Waals surface area contributed by atoms with Gasteiger partial charge in [0.05, 0.1) is 11.3 Å². The first kappa shape index (κ1) is 15.2. The van der Waals surface area contributed by atoms with Gasteiger partial charge in [-0.25, -0.2) is 0 Å². The summed E-state index contributed by atoms with van der Waals surface area (Å²) in [6.07, 6.45) is -2.68. The molecule has 0 atom stereocenters. The largest absolute Gasteiger partial charge is 0.417 e. The minimum absolute atomic E-state index is 0.0314. The van der Waals surface area contributed by atoms with Crippen LogP contribution in [0.3, 0.4) is 0 Å². The summed E-state index contributed by atoms with van der Waals surface area (Å²) in [5.41, 5.74) is -0.690. The highest BCUT2D eigenvalue weighted by atomic mass is 35.5. The lowest BCUT2D eigenvalue weighted by molar-refractivity contribution is -0.137. The minimum Gasteiger partial charge on any atom is -0.385 e. The molecule has 0 unspecified atom stereocenters. The van der Waals surface area contributed by atoms with Gasteiger partial charge in [-0.1, -0.05) is 22.8 Å². The molecule has 0 fully saturated rings. The predicted molar refractivity (Wildman–Crippen MR) is 68.1 cm³/mol. The molecule has 0 saturated heterocycles. The van der Waals surface area contributed by atoms with Crippen LogP contribution in [0, 0.1) is 0 Å². The summed E-state index contributed by atoms with van der Waals surface area (Å²) < 4.78 is 38.5. The Bertz CT molecular complexity index is 448. The van der Waals surface area contributed by atoms with Crippen LogP contribution >= 0.6 is 23.4 Å². The lowest BCUT2D eigenvalue weighted by Gasteiger charge is -2.12. The third-order valence-electron chi connectivity index (χ3n) is 2.05. The second-order valence-electron chi connectivity index (χ2n) is 3.40. The number of alkyl halides is 3. The number of hydrogen-bond acceptors (Lipinski definition) is 3. The molecule has 0 N–H and O–H groups in total. The average molecular weight is 298 g/mol. The van der Waals surface area contributed by atoms with E-state index < -0.39 is 11.7 Å². The molecule has 18 heavy (non-hydrogen) atoms. The first-order valence-corrected chi connectivity index (χ1v) is 6.66. The van der Waals surface area contributed by atoms with E-state index in [1.807, 2.05) is 0 Å². The Labute approximate surface area is 112 Å². The van der Waals surface area contributed by atoms with Gasteiger partial charge in [0.2, 0.25) is 0 Å². The lowest BCUT2D eigenvalue weighted by Crippen LogP contribution is -2.12. The maximum atomic E-state index is 12.8. The molecule has 0 aliphatic rings. The van der Waals surface area contributed by atoms with Crippen molar-refractivity contribution in [3.63, 3.8) is 0 Å². The molecule has 0 aromatic heterocycles. The maximum Gasteiger partial charge on any atom is 0.417 e. The molecule has 100 valence electrons. The van der Waals surface area contributed by atoms with Gasteiger partial charge in [-0.2, -0.15) is 13.2 Å². The van der Waals surface area contributed by atoms with Crippen LogP contribution in [0.1, 0.15) is 18.1 Å². The maximum absolute atomic E-state index is 12.8. The fraction of sp³-hybridized carbons (Fsp3) is 0.364. The summed E-state index contributed by atoms with van der Waals surface area (Å²) >= 11 is 6.96. The topological polar surface area (TPSA) is 21.6 Å². The SMILES string of the molecule is CSCO/N=C(\C)c1ccc(Cl)cc1C(F)(F)F. The normalized spacial score (nSPS) is 12.7. The molecule has 0 spiro atoms. The molecule has 0 bridgehead atoms. The number of nitrogens with zero attached hydrogens (tertiary/aromatic N) is 1. The summed E-state index contributed by atoms with van der Waals surface area (Å²) in [7, 11) is 0.